The molecule has 1 aromatic heterocycles. The molecule has 2 atom stereocenters. The summed E-state index contributed by atoms with van der Waals surface area (Å²) >= 11 is 0. The van der Waals surface area contributed by atoms with Crippen molar-refractivity contribution in [3.8, 4) is 23.2 Å². The molecule has 278 valence electrons. The summed E-state index contributed by atoms with van der Waals surface area (Å²) in [4.78, 5) is 41.3. The molecule has 2 aliphatic rings. The number of carbonyl (C=O) groups is 2. The Bertz CT molecular complexity index is 1780. The molecule has 0 saturated carbocycles. The van der Waals surface area contributed by atoms with E-state index in [1.165, 1.54) is 16.8 Å². The molecule has 2 saturated heterocycles. The fourth-order valence-corrected chi connectivity index (χ4v) is 6.99. The summed E-state index contributed by atoms with van der Waals surface area (Å²) in [6.07, 6.45) is 0.378. The third-order valence-corrected chi connectivity index (χ3v) is 10.8. The normalized spacial score (nSPS) is 18.4. The van der Waals surface area contributed by atoms with Gasteiger partial charge in [-0.15, -0.1) is 0 Å². The van der Waals surface area contributed by atoms with Crippen molar-refractivity contribution >= 4 is 31.9 Å². The van der Waals surface area contributed by atoms with Gasteiger partial charge in [0.05, 0.1) is 18.7 Å². The third kappa shape index (κ3) is 10.4. The number of amides is 2. The first-order valence-electron chi connectivity index (χ1n) is 17.9. The van der Waals surface area contributed by atoms with Gasteiger partial charge in [0.1, 0.15) is 29.9 Å². The van der Waals surface area contributed by atoms with E-state index in [4.69, 9.17) is 14.2 Å². The van der Waals surface area contributed by atoms with E-state index in [9.17, 15) is 14.9 Å². The highest BCUT2D eigenvalue weighted by Gasteiger charge is 2.35. The van der Waals surface area contributed by atoms with Crippen molar-refractivity contribution in [3.05, 3.63) is 59.4 Å². The van der Waals surface area contributed by atoms with Gasteiger partial charge >= 0.3 is 12.2 Å². The zero-order valence-corrected chi connectivity index (χ0v) is 32.2. The minimum absolute atomic E-state index is 0.154. The number of nitrogens with one attached hydrogen (secondary N) is 1. The number of piperidine rings is 2. The highest BCUT2D eigenvalue weighted by Crippen LogP contribution is 2.33. The number of aryl methyl sites for hydroxylation is 1. The van der Waals surface area contributed by atoms with E-state index in [1.54, 1.807) is 39.0 Å². The second-order valence-electron chi connectivity index (χ2n) is 15.7. The molecular weight excluding hydrogens is 682 g/mol. The predicted octanol–water partition coefficient (Wildman–Crippen LogP) is 7.84. The zero-order valence-electron chi connectivity index (χ0n) is 31.2. The Balaban J connectivity index is 1.17. The van der Waals surface area contributed by atoms with Crippen molar-refractivity contribution in [3.63, 3.8) is 0 Å². The van der Waals surface area contributed by atoms with Gasteiger partial charge in [0, 0.05) is 45.4 Å². The number of alkyl halides is 1. The molecule has 3 heterocycles. The zero-order chi connectivity index (χ0) is 37.6. The lowest BCUT2D eigenvalue weighted by atomic mass is 9.87. The maximum atomic E-state index is 15.1. The molecule has 2 fully saturated rings. The molecule has 14 heteroatoms. The maximum Gasteiger partial charge on any atom is 0.410 e. The standard InChI is InChI=1S/C38H50FN7O5Si/c1-25-20-29(9-10-30(25)26-12-15-45(16-13-26)36(47)49-18-19-52(5,6)7)43-35-42-24-41-34(44-35)27-8-11-32(28(21-27)22-40)50-33-14-17-46(23-31(33)39)37(48)51-38(2,3)4/h8-11,20-21,24,26,31,33H,12-19,23H2,1-7H3,(H,41,42,43,44)/t31-,33+/m1/s1. The highest BCUT2D eigenvalue weighted by atomic mass is 28.3. The third-order valence-electron chi connectivity index (χ3n) is 9.14. The van der Waals surface area contributed by atoms with Crippen molar-refractivity contribution in [1.29, 1.82) is 5.26 Å². The number of nitrogens with zero attached hydrogens (tertiary/aromatic N) is 6. The molecular formula is C38H50FN7O5Si. The number of hydrogen-bond acceptors (Lipinski definition) is 10. The topological polar surface area (TPSA) is 143 Å². The number of nitriles is 1. The molecule has 52 heavy (non-hydrogen) atoms. The lowest BCUT2D eigenvalue weighted by Gasteiger charge is -2.35. The van der Waals surface area contributed by atoms with Gasteiger partial charge in [-0.1, -0.05) is 25.7 Å². The van der Waals surface area contributed by atoms with E-state index >= 15 is 4.39 Å². The molecule has 5 rings (SSSR count). The Morgan fingerprint density at radius 3 is 2.40 bits per heavy atom. The lowest BCUT2D eigenvalue weighted by Crippen LogP contribution is -2.50. The van der Waals surface area contributed by atoms with Crippen LogP contribution in [0.5, 0.6) is 5.75 Å². The highest BCUT2D eigenvalue weighted by molar-refractivity contribution is 6.76. The van der Waals surface area contributed by atoms with Crippen LogP contribution in [0.1, 0.15) is 62.6 Å². The summed E-state index contributed by atoms with van der Waals surface area (Å²) in [5.41, 5.74) is 3.32. The maximum absolute atomic E-state index is 15.1. The van der Waals surface area contributed by atoms with Crippen LogP contribution in [-0.2, 0) is 9.47 Å². The largest absolute Gasteiger partial charge is 0.486 e. The summed E-state index contributed by atoms with van der Waals surface area (Å²) in [5, 5.41) is 13.2. The SMILES string of the molecule is Cc1cc(Nc2ncnc(-c3ccc(O[C@H]4CCN(C(=O)OC(C)(C)C)C[C@H]4F)c(C#N)c3)n2)ccc1C1CCN(C(=O)OCC[Si](C)(C)C)CC1. The van der Waals surface area contributed by atoms with Crippen molar-refractivity contribution in [1.82, 2.24) is 24.8 Å². The van der Waals surface area contributed by atoms with Crippen LogP contribution in [0.15, 0.2) is 42.7 Å². The molecule has 0 spiro atoms. The number of halogens is 1. The van der Waals surface area contributed by atoms with Gasteiger partial charge in [0.2, 0.25) is 5.95 Å². The molecule has 2 aromatic carbocycles. The Labute approximate surface area is 306 Å². The summed E-state index contributed by atoms with van der Waals surface area (Å²) < 4.78 is 32.0. The van der Waals surface area contributed by atoms with Crippen LogP contribution >= 0.6 is 0 Å². The van der Waals surface area contributed by atoms with Crippen LogP contribution in [0.4, 0.5) is 25.6 Å². The first-order chi connectivity index (χ1) is 24.6. The molecule has 3 aromatic rings. The molecule has 0 radical (unpaired) electrons. The van der Waals surface area contributed by atoms with E-state index in [1.807, 2.05) is 11.0 Å². The quantitative estimate of drug-likeness (QED) is 0.216. The van der Waals surface area contributed by atoms with E-state index in [2.05, 4.69) is 65.0 Å². The molecule has 12 nitrogen and oxygen atoms in total. The van der Waals surface area contributed by atoms with E-state index in [0.29, 0.717) is 43.0 Å². The van der Waals surface area contributed by atoms with E-state index in [-0.39, 0.29) is 36.9 Å². The minimum Gasteiger partial charge on any atom is -0.486 e. The second kappa shape index (κ2) is 16.3. The van der Waals surface area contributed by atoms with Crippen LogP contribution in [0, 0.1) is 18.3 Å². The molecule has 0 aliphatic carbocycles. The average Bonchev–Trinajstić information content (AvgIpc) is 3.08. The number of rotatable bonds is 9. The Kier molecular flexibility index (Phi) is 12.0. The summed E-state index contributed by atoms with van der Waals surface area (Å²) in [5.74, 6) is 1.30. The van der Waals surface area contributed by atoms with Crippen LogP contribution < -0.4 is 10.1 Å². The van der Waals surface area contributed by atoms with Gasteiger partial charge in [-0.2, -0.15) is 10.2 Å². The summed E-state index contributed by atoms with van der Waals surface area (Å²) in [6.45, 7) is 16.2. The summed E-state index contributed by atoms with van der Waals surface area (Å²) in [7, 11) is -1.25. The van der Waals surface area contributed by atoms with Gasteiger partial charge in [0.25, 0.3) is 0 Å². The second-order valence-corrected chi connectivity index (χ2v) is 21.3. The van der Waals surface area contributed by atoms with Crippen molar-refractivity contribution in [2.24, 2.45) is 0 Å². The van der Waals surface area contributed by atoms with Crippen molar-refractivity contribution in [2.45, 2.75) is 96.4 Å². The molecule has 0 bridgehead atoms. The Morgan fingerprint density at radius 2 is 1.75 bits per heavy atom. The van der Waals surface area contributed by atoms with Crippen molar-refractivity contribution in [2.75, 3.05) is 38.1 Å². The fraction of sp³-hybridized carbons (Fsp3) is 0.526. The number of ether oxygens (including phenoxy) is 3. The Morgan fingerprint density at radius 1 is 1.02 bits per heavy atom. The van der Waals surface area contributed by atoms with Gasteiger partial charge in [-0.05, 0) is 94.0 Å². The number of carbonyl (C=O) groups excluding carboxylic acids is 2. The average molecular weight is 732 g/mol. The predicted molar refractivity (Wildman–Crippen MR) is 199 cm³/mol. The fourth-order valence-electron chi connectivity index (χ4n) is 6.28. The Hall–Kier alpha value is -4.77. The minimum atomic E-state index is -1.45. The van der Waals surface area contributed by atoms with Crippen molar-refractivity contribution < 1.29 is 28.2 Å². The van der Waals surface area contributed by atoms with Gasteiger partial charge < -0.3 is 29.3 Å². The van der Waals surface area contributed by atoms with Crippen LogP contribution in [0.2, 0.25) is 25.7 Å². The first kappa shape index (κ1) is 38.5. The number of likely N-dealkylation sites (tertiary alicyclic amines) is 2. The molecule has 2 aliphatic heterocycles. The van der Waals surface area contributed by atoms with Crippen LogP contribution in [-0.4, -0.2) is 95.7 Å². The van der Waals surface area contributed by atoms with E-state index in [0.717, 1.165) is 30.1 Å². The van der Waals surface area contributed by atoms with Gasteiger partial charge in [-0.25, -0.2) is 23.9 Å². The molecule has 2 amide bonds. The monoisotopic (exact) mass is 731 g/mol. The number of aromatic nitrogens is 3. The molecule has 1 N–H and O–H groups in total. The van der Waals surface area contributed by atoms with Crippen LogP contribution in [0.25, 0.3) is 11.4 Å². The first-order valence-corrected chi connectivity index (χ1v) is 21.6. The van der Waals surface area contributed by atoms with Gasteiger partial charge in [-0.3, -0.25) is 0 Å². The number of benzene rings is 2. The molecule has 0 unspecified atom stereocenters. The number of anilines is 2. The summed E-state index contributed by atoms with van der Waals surface area (Å²) in [6, 6.07) is 14.2. The number of hydrogen-bond donors (Lipinski definition) is 1. The van der Waals surface area contributed by atoms with E-state index < -0.39 is 32.0 Å². The van der Waals surface area contributed by atoms with Crippen LogP contribution in [0.3, 0.4) is 0 Å². The lowest BCUT2D eigenvalue weighted by molar-refractivity contribution is -0.0106. The smallest absolute Gasteiger partial charge is 0.410 e. The van der Waals surface area contributed by atoms with Gasteiger partial charge in [0.15, 0.2) is 12.0 Å².